The topological polar surface area (TPSA) is 41.6 Å². The molecule has 1 atom stereocenters. The van der Waals surface area contributed by atoms with Gasteiger partial charge in [-0.05, 0) is 44.0 Å². The zero-order valence-corrected chi connectivity index (χ0v) is 12.4. The molecule has 1 unspecified atom stereocenters. The number of hydrogen-bond donors (Lipinski definition) is 1. The summed E-state index contributed by atoms with van der Waals surface area (Å²) in [5, 5.41) is 3.33. The maximum atomic E-state index is 12.1. The van der Waals surface area contributed by atoms with Crippen LogP contribution in [-0.4, -0.2) is 43.6 Å². The lowest BCUT2D eigenvalue weighted by atomic mass is 10.1. The van der Waals surface area contributed by atoms with Crippen LogP contribution in [0.3, 0.4) is 0 Å². The van der Waals surface area contributed by atoms with Gasteiger partial charge in [0, 0.05) is 19.6 Å². The summed E-state index contributed by atoms with van der Waals surface area (Å²) in [5.74, 6) is 0.992. The van der Waals surface area contributed by atoms with E-state index in [1.807, 2.05) is 43.1 Å². The van der Waals surface area contributed by atoms with Crippen LogP contribution in [0.4, 0.5) is 0 Å². The van der Waals surface area contributed by atoms with Crippen LogP contribution in [0.25, 0.3) is 0 Å². The number of carbonyl (C=O) groups excluding carboxylic acids is 1. The number of nitrogens with zero attached hydrogens (tertiary/aromatic N) is 1. The summed E-state index contributed by atoms with van der Waals surface area (Å²) in [7, 11) is 1.90. The molecule has 20 heavy (non-hydrogen) atoms. The monoisotopic (exact) mass is 276 g/mol. The number of ether oxygens (including phenoxy) is 1. The van der Waals surface area contributed by atoms with Crippen molar-refractivity contribution in [1.29, 1.82) is 0 Å². The Hall–Kier alpha value is -1.55. The van der Waals surface area contributed by atoms with E-state index in [1.165, 1.54) is 5.56 Å². The van der Waals surface area contributed by atoms with Gasteiger partial charge in [-0.2, -0.15) is 0 Å². The van der Waals surface area contributed by atoms with E-state index in [0.717, 1.165) is 31.7 Å². The quantitative estimate of drug-likeness (QED) is 0.894. The predicted molar refractivity (Wildman–Crippen MR) is 80.0 cm³/mol. The molecule has 1 aliphatic heterocycles. The molecule has 0 saturated carbocycles. The molecule has 0 aromatic heterocycles. The molecule has 0 spiro atoms. The smallest absolute Gasteiger partial charge is 0.226 e. The van der Waals surface area contributed by atoms with Crippen molar-refractivity contribution >= 4 is 5.91 Å². The minimum Gasteiger partial charge on any atom is -0.493 e. The predicted octanol–water partition coefficient (Wildman–Crippen LogP) is 1.97. The number of aryl methyl sites for hydroxylation is 1. The summed E-state index contributed by atoms with van der Waals surface area (Å²) in [6, 6.07) is 8.23. The summed E-state index contributed by atoms with van der Waals surface area (Å²) in [5.41, 5.74) is 1.17. The molecule has 1 aromatic carbocycles. The number of amides is 1. The Labute approximate surface area is 121 Å². The van der Waals surface area contributed by atoms with Crippen LogP contribution in [0, 0.1) is 6.92 Å². The lowest BCUT2D eigenvalue weighted by molar-refractivity contribution is -0.132. The number of benzene rings is 1. The Morgan fingerprint density at radius 2 is 2.35 bits per heavy atom. The number of rotatable bonds is 5. The van der Waals surface area contributed by atoms with Crippen molar-refractivity contribution in [2.75, 3.05) is 26.7 Å². The van der Waals surface area contributed by atoms with Gasteiger partial charge in [-0.15, -0.1) is 0 Å². The molecule has 1 amide bonds. The van der Waals surface area contributed by atoms with Crippen LogP contribution in [-0.2, 0) is 4.79 Å². The summed E-state index contributed by atoms with van der Waals surface area (Å²) in [6.45, 7) is 4.44. The van der Waals surface area contributed by atoms with Crippen molar-refractivity contribution in [2.24, 2.45) is 0 Å². The maximum Gasteiger partial charge on any atom is 0.226 e. The van der Waals surface area contributed by atoms with E-state index in [1.54, 1.807) is 0 Å². The standard InChI is InChI=1S/C16H24N2O2/c1-13-5-3-7-15(11-13)20-10-8-16(19)18(2)14-6-4-9-17-12-14/h3,5,7,11,14,17H,4,6,8-10,12H2,1-2H3. The normalized spacial score (nSPS) is 18.6. The molecule has 1 fully saturated rings. The van der Waals surface area contributed by atoms with Gasteiger partial charge in [-0.1, -0.05) is 12.1 Å². The first-order valence-corrected chi connectivity index (χ1v) is 7.32. The minimum atomic E-state index is 0.159. The largest absolute Gasteiger partial charge is 0.493 e. The average molecular weight is 276 g/mol. The van der Waals surface area contributed by atoms with Gasteiger partial charge in [0.1, 0.15) is 5.75 Å². The van der Waals surface area contributed by atoms with Crippen LogP contribution in [0.2, 0.25) is 0 Å². The zero-order valence-electron chi connectivity index (χ0n) is 12.4. The Bertz CT molecular complexity index is 442. The van der Waals surface area contributed by atoms with E-state index in [4.69, 9.17) is 4.74 Å². The first-order chi connectivity index (χ1) is 9.66. The van der Waals surface area contributed by atoms with Gasteiger partial charge >= 0.3 is 0 Å². The van der Waals surface area contributed by atoms with Crippen molar-refractivity contribution in [3.8, 4) is 5.75 Å². The molecule has 2 rings (SSSR count). The SMILES string of the molecule is Cc1cccc(OCCC(=O)N(C)C2CCCNC2)c1. The molecular weight excluding hydrogens is 252 g/mol. The second-order valence-corrected chi connectivity index (χ2v) is 5.42. The third kappa shape index (κ3) is 4.23. The molecule has 110 valence electrons. The third-order valence-electron chi connectivity index (χ3n) is 3.79. The van der Waals surface area contributed by atoms with Crippen LogP contribution in [0.5, 0.6) is 5.75 Å². The summed E-state index contributed by atoms with van der Waals surface area (Å²) in [4.78, 5) is 14.0. The highest BCUT2D eigenvalue weighted by Gasteiger charge is 2.21. The molecule has 4 heteroatoms. The van der Waals surface area contributed by atoms with Gasteiger partial charge < -0.3 is 15.0 Å². The van der Waals surface area contributed by atoms with Crippen LogP contribution < -0.4 is 10.1 Å². The van der Waals surface area contributed by atoms with E-state index >= 15 is 0 Å². The lowest BCUT2D eigenvalue weighted by Crippen LogP contribution is -2.46. The van der Waals surface area contributed by atoms with Crippen LogP contribution >= 0.6 is 0 Å². The van der Waals surface area contributed by atoms with E-state index in [9.17, 15) is 4.79 Å². The van der Waals surface area contributed by atoms with Crippen molar-refractivity contribution in [1.82, 2.24) is 10.2 Å². The average Bonchev–Trinajstić information content (AvgIpc) is 2.47. The summed E-state index contributed by atoms with van der Waals surface area (Å²) < 4.78 is 5.63. The Balaban J connectivity index is 1.74. The lowest BCUT2D eigenvalue weighted by Gasteiger charge is -2.31. The molecule has 1 heterocycles. The van der Waals surface area contributed by atoms with Crippen molar-refractivity contribution in [2.45, 2.75) is 32.2 Å². The zero-order chi connectivity index (χ0) is 14.4. The molecule has 4 nitrogen and oxygen atoms in total. The van der Waals surface area contributed by atoms with Crippen molar-refractivity contribution in [3.05, 3.63) is 29.8 Å². The number of carbonyl (C=O) groups is 1. The van der Waals surface area contributed by atoms with Crippen molar-refractivity contribution < 1.29 is 9.53 Å². The van der Waals surface area contributed by atoms with Gasteiger partial charge in [0.25, 0.3) is 0 Å². The first-order valence-electron chi connectivity index (χ1n) is 7.32. The fraction of sp³-hybridized carbons (Fsp3) is 0.562. The highest BCUT2D eigenvalue weighted by atomic mass is 16.5. The molecular formula is C16H24N2O2. The van der Waals surface area contributed by atoms with Crippen LogP contribution in [0.1, 0.15) is 24.8 Å². The number of hydrogen-bond acceptors (Lipinski definition) is 3. The number of likely N-dealkylation sites (N-methyl/N-ethyl adjacent to an activating group) is 1. The van der Waals surface area contributed by atoms with Crippen LogP contribution in [0.15, 0.2) is 24.3 Å². The van der Waals surface area contributed by atoms with Crippen molar-refractivity contribution in [3.63, 3.8) is 0 Å². The van der Waals surface area contributed by atoms with E-state index in [0.29, 0.717) is 19.1 Å². The molecule has 0 radical (unpaired) electrons. The third-order valence-corrected chi connectivity index (χ3v) is 3.79. The molecule has 1 N–H and O–H groups in total. The van der Waals surface area contributed by atoms with E-state index in [2.05, 4.69) is 5.32 Å². The van der Waals surface area contributed by atoms with E-state index in [-0.39, 0.29) is 5.91 Å². The Kier molecular flexibility index (Phi) is 5.41. The highest BCUT2D eigenvalue weighted by molar-refractivity contribution is 5.76. The highest BCUT2D eigenvalue weighted by Crippen LogP contribution is 2.13. The molecule has 1 saturated heterocycles. The fourth-order valence-corrected chi connectivity index (χ4v) is 2.51. The first kappa shape index (κ1) is 14.9. The second kappa shape index (κ2) is 7.29. The van der Waals surface area contributed by atoms with Gasteiger partial charge in [-0.25, -0.2) is 0 Å². The Morgan fingerprint density at radius 1 is 1.50 bits per heavy atom. The Morgan fingerprint density at radius 3 is 3.05 bits per heavy atom. The van der Waals surface area contributed by atoms with Gasteiger partial charge in [0.05, 0.1) is 13.0 Å². The molecule has 0 aliphatic carbocycles. The molecule has 0 bridgehead atoms. The molecule has 1 aromatic rings. The van der Waals surface area contributed by atoms with Gasteiger partial charge in [-0.3, -0.25) is 4.79 Å². The van der Waals surface area contributed by atoms with Gasteiger partial charge in [0.2, 0.25) is 5.91 Å². The minimum absolute atomic E-state index is 0.159. The van der Waals surface area contributed by atoms with Gasteiger partial charge in [0.15, 0.2) is 0 Å². The van der Waals surface area contributed by atoms with E-state index < -0.39 is 0 Å². The fourth-order valence-electron chi connectivity index (χ4n) is 2.51. The summed E-state index contributed by atoms with van der Waals surface area (Å²) >= 11 is 0. The summed E-state index contributed by atoms with van der Waals surface area (Å²) in [6.07, 6.45) is 2.66. The number of piperidine rings is 1. The molecule has 1 aliphatic rings. The number of nitrogens with one attached hydrogen (secondary N) is 1. The maximum absolute atomic E-state index is 12.1. The second-order valence-electron chi connectivity index (χ2n) is 5.42.